The predicted molar refractivity (Wildman–Crippen MR) is 74.8 cm³/mol. The summed E-state index contributed by atoms with van der Waals surface area (Å²) < 4.78 is 5.12. The molecule has 0 saturated heterocycles. The Morgan fingerprint density at radius 3 is 2.43 bits per heavy atom. The van der Waals surface area contributed by atoms with Crippen LogP contribution in [0.2, 0.25) is 0 Å². The van der Waals surface area contributed by atoms with Crippen LogP contribution in [0.25, 0.3) is 0 Å². The van der Waals surface area contributed by atoms with Gasteiger partial charge in [0.15, 0.2) is 0 Å². The Bertz CT molecular complexity index is 610. The molecule has 0 unspecified atom stereocenters. The van der Waals surface area contributed by atoms with E-state index in [0.29, 0.717) is 0 Å². The Labute approximate surface area is 120 Å². The second kappa shape index (κ2) is 6.38. The van der Waals surface area contributed by atoms with Gasteiger partial charge in [0.2, 0.25) is 5.91 Å². The number of esters is 1. The lowest BCUT2D eigenvalue weighted by Crippen LogP contribution is -2.43. The Morgan fingerprint density at radius 1 is 1.29 bits per heavy atom. The number of amides is 1. The summed E-state index contributed by atoms with van der Waals surface area (Å²) in [5.41, 5.74) is -1.77. The summed E-state index contributed by atoms with van der Waals surface area (Å²) in [6.07, 6.45) is -0.216. The van der Waals surface area contributed by atoms with E-state index in [-0.39, 0.29) is 12.1 Å². The van der Waals surface area contributed by atoms with E-state index >= 15 is 0 Å². The maximum atomic E-state index is 11.8. The van der Waals surface area contributed by atoms with E-state index in [4.69, 9.17) is 4.74 Å². The Balaban J connectivity index is 2.63. The van der Waals surface area contributed by atoms with Crippen LogP contribution in [0.3, 0.4) is 0 Å². The zero-order valence-corrected chi connectivity index (χ0v) is 12.4. The first-order valence-electron chi connectivity index (χ1n) is 6.41. The van der Waals surface area contributed by atoms with Crippen molar-refractivity contribution < 1.29 is 14.3 Å². The first-order valence-corrected chi connectivity index (χ1v) is 6.41. The van der Waals surface area contributed by atoms with Gasteiger partial charge in [-0.2, -0.15) is 0 Å². The van der Waals surface area contributed by atoms with Crippen molar-refractivity contribution in [2.45, 2.75) is 45.8 Å². The molecule has 0 aliphatic carbocycles. The summed E-state index contributed by atoms with van der Waals surface area (Å²) in [6, 6.07) is 0.282. The van der Waals surface area contributed by atoms with Gasteiger partial charge in [-0.1, -0.05) is 0 Å². The number of hydrogen-bond acceptors (Lipinski definition) is 5. The fourth-order valence-corrected chi connectivity index (χ4v) is 1.53. The fraction of sp³-hybridized carbons (Fsp3) is 0.538. The lowest BCUT2D eigenvalue weighted by atomic mass is 10.2. The van der Waals surface area contributed by atoms with E-state index < -0.39 is 34.8 Å². The van der Waals surface area contributed by atoms with Gasteiger partial charge in [0, 0.05) is 11.8 Å². The van der Waals surface area contributed by atoms with Crippen LogP contribution in [-0.4, -0.2) is 33.5 Å². The highest BCUT2D eigenvalue weighted by Crippen LogP contribution is 2.08. The van der Waals surface area contributed by atoms with Gasteiger partial charge in [0.05, 0.1) is 6.42 Å². The monoisotopic (exact) mass is 297 g/mol. The molecule has 1 aromatic heterocycles. The molecular weight excluding hydrogens is 278 g/mol. The lowest BCUT2D eigenvalue weighted by molar-refractivity contribution is -0.158. The Hall–Kier alpha value is -2.38. The van der Waals surface area contributed by atoms with Crippen LogP contribution < -0.4 is 16.6 Å². The molecule has 0 bridgehead atoms. The van der Waals surface area contributed by atoms with Crippen LogP contribution in [-0.2, 0) is 20.7 Å². The zero-order valence-electron chi connectivity index (χ0n) is 12.4. The number of aromatic nitrogens is 2. The predicted octanol–water partition coefficient (Wildman–Crippen LogP) is -0.548. The van der Waals surface area contributed by atoms with E-state index in [1.165, 1.54) is 6.92 Å². The van der Waals surface area contributed by atoms with Crippen molar-refractivity contribution in [1.29, 1.82) is 0 Å². The van der Waals surface area contributed by atoms with Gasteiger partial charge in [-0.05, 0) is 27.7 Å². The van der Waals surface area contributed by atoms with Crippen molar-refractivity contribution in [3.63, 3.8) is 0 Å². The minimum Gasteiger partial charge on any atom is -0.458 e. The van der Waals surface area contributed by atoms with Gasteiger partial charge in [-0.15, -0.1) is 0 Å². The Morgan fingerprint density at radius 2 is 1.90 bits per heavy atom. The summed E-state index contributed by atoms with van der Waals surface area (Å²) in [5, 5.41) is 2.44. The van der Waals surface area contributed by atoms with Gasteiger partial charge in [-0.25, -0.2) is 9.59 Å². The quantitative estimate of drug-likeness (QED) is 0.644. The molecule has 0 radical (unpaired) electrons. The molecule has 116 valence electrons. The van der Waals surface area contributed by atoms with Crippen molar-refractivity contribution in [3.8, 4) is 0 Å². The van der Waals surface area contributed by atoms with E-state index in [1.54, 1.807) is 20.8 Å². The largest absolute Gasteiger partial charge is 0.458 e. The van der Waals surface area contributed by atoms with Gasteiger partial charge in [0.25, 0.3) is 5.56 Å². The number of hydrogen-bond donors (Lipinski definition) is 3. The van der Waals surface area contributed by atoms with Crippen LogP contribution in [0, 0.1) is 0 Å². The third-order valence-corrected chi connectivity index (χ3v) is 2.30. The third kappa shape index (κ3) is 6.07. The van der Waals surface area contributed by atoms with Crippen LogP contribution >= 0.6 is 0 Å². The molecule has 8 nitrogen and oxygen atoms in total. The van der Waals surface area contributed by atoms with E-state index in [0.717, 1.165) is 6.07 Å². The molecule has 0 aliphatic heterocycles. The molecule has 1 heterocycles. The number of ether oxygens (including phenoxy) is 1. The average Bonchev–Trinajstić information content (AvgIpc) is 2.24. The molecule has 8 heteroatoms. The molecule has 1 atom stereocenters. The number of aromatic amines is 2. The number of rotatable bonds is 4. The summed E-state index contributed by atoms with van der Waals surface area (Å²) in [6.45, 7) is 6.66. The van der Waals surface area contributed by atoms with Crippen molar-refractivity contribution >= 4 is 11.9 Å². The molecule has 0 saturated carbocycles. The van der Waals surface area contributed by atoms with E-state index in [1.807, 2.05) is 4.98 Å². The minimum absolute atomic E-state index is 0.164. The summed E-state index contributed by atoms with van der Waals surface area (Å²) in [4.78, 5) is 50.0. The number of nitrogens with one attached hydrogen (secondary N) is 3. The minimum atomic E-state index is -0.828. The Kier molecular flexibility index (Phi) is 5.07. The second-order valence-electron chi connectivity index (χ2n) is 5.61. The van der Waals surface area contributed by atoms with E-state index in [9.17, 15) is 19.2 Å². The highest BCUT2D eigenvalue weighted by atomic mass is 16.6. The van der Waals surface area contributed by atoms with Crippen LogP contribution in [0.5, 0.6) is 0 Å². The smallest absolute Gasteiger partial charge is 0.328 e. The molecule has 0 spiro atoms. The van der Waals surface area contributed by atoms with Crippen LogP contribution in [0.15, 0.2) is 15.7 Å². The molecule has 0 aliphatic rings. The molecule has 1 rings (SSSR count). The number of carbonyl (C=O) groups is 2. The topological polar surface area (TPSA) is 121 Å². The number of carbonyl (C=O) groups excluding carboxylic acids is 2. The summed E-state index contributed by atoms with van der Waals surface area (Å²) in [7, 11) is 0. The molecular formula is C13H19N3O5. The van der Waals surface area contributed by atoms with Gasteiger partial charge >= 0.3 is 11.7 Å². The first kappa shape index (κ1) is 16.7. The second-order valence-corrected chi connectivity index (χ2v) is 5.61. The van der Waals surface area contributed by atoms with Crippen molar-refractivity contribution in [1.82, 2.24) is 15.3 Å². The molecule has 21 heavy (non-hydrogen) atoms. The molecule has 0 fully saturated rings. The highest BCUT2D eigenvalue weighted by Gasteiger charge is 2.23. The summed E-state index contributed by atoms with van der Waals surface area (Å²) in [5.74, 6) is -1.06. The van der Waals surface area contributed by atoms with Crippen molar-refractivity contribution in [3.05, 3.63) is 32.6 Å². The zero-order chi connectivity index (χ0) is 16.2. The first-order chi connectivity index (χ1) is 9.56. The maximum absolute atomic E-state index is 11.8. The molecule has 1 aromatic rings. The van der Waals surface area contributed by atoms with Gasteiger partial charge < -0.3 is 15.0 Å². The lowest BCUT2D eigenvalue weighted by Gasteiger charge is -2.22. The van der Waals surface area contributed by atoms with Gasteiger partial charge in [-0.3, -0.25) is 14.6 Å². The van der Waals surface area contributed by atoms with Crippen molar-refractivity contribution in [2.24, 2.45) is 0 Å². The molecule has 0 aromatic carbocycles. The van der Waals surface area contributed by atoms with E-state index in [2.05, 4.69) is 10.3 Å². The van der Waals surface area contributed by atoms with Crippen LogP contribution in [0.1, 0.15) is 33.4 Å². The maximum Gasteiger partial charge on any atom is 0.328 e. The average molecular weight is 297 g/mol. The summed E-state index contributed by atoms with van der Waals surface area (Å²) >= 11 is 0. The SMILES string of the molecule is C[C@@H](NC(=O)Cc1cc(=O)[nH]c(=O)[nH]1)C(=O)OC(C)(C)C. The molecule has 3 N–H and O–H groups in total. The van der Waals surface area contributed by atoms with Crippen LogP contribution in [0.4, 0.5) is 0 Å². The normalized spacial score (nSPS) is 12.6. The van der Waals surface area contributed by atoms with Gasteiger partial charge in [0.1, 0.15) is 11.6 Å². The highest BCUT2D eigenvalue weighted by molar-refractivity contribution is 5.85. The molecule has 1 amide bonds. The third-order valence-electron chi connectivity index (χ3n) is 2.30. The number of H-pyrrole nitrogens is 2. The standard InChI is InChI=1S/C13H19N3O5/c1-7(11(19)21-13(2,3)4)14-9(17)5-8-6-10(18)16-12(20)15-8/h6-7H,5H2,1-4H3,(H,14,17)(H2,15,16,18,20)/t7-/m1/s1. The fourth-order valence-electron chi connectivity index (χ4n) is 1.53. The van der Waals surface area contributed by atoms with Crippen molar-refractivity contribution in [2.75, 3.05) is 0 Å².